The van der Waals surface area contributed by atoms with Crippen molar-refractivity contribution in [2.24, 2.45) is 5.92 Å². The van der Waals surface area contributed by atoms with Crippen LogP contribution in [0.2, 0.25) is 0 Å². The minimum Gasteiger partial charge on any atom is -0.0853 e. The largest absolute Gasteiger partial charge is 0.0853 e. The van der Waals surface area contributed by atoms with Crippen molar-refractivity contribution in [2.75, 3.05) is 0 Å². The van der Waals surface area contributed by atoms with E-state index < -0.39 is 0 Å². The molecule has 1 atom stereocenters. The van der Waals surface area contributed by atoms with E-state index in [2.05, 4.69) is 39.8 Å². The highest BCUT2D eigenvalue weighted by Crippen LogP contribution is 2.08. The third-order valence-corrected chi connectivity index (χ3v) is 1.47. The molecule has 0 aromatic rings. The molecule has 63 valence electrons. The number of hydrogen-bond acceptors (Lipinski definition) is 0. The Hall–Kier alpha value is -0.520. The maximum atomic E-state index is 3.85. The lowest BCUT2D eigenvalue weighted by atomic mass is 10.0. The van der Waals surface area contributed by atoms with E-state index in [1.54, 1.807) is 0 Å². The van der Waals surface area contributed by atoms with Crippen molar-refractivity contribution < 1.29 is 0 Å². The molecule has 0 N–H and O–H groups in total. The molecule has 0 heteroatoms. The quantitative estimate of drug-likeness (QED) is 0.539. The van der Waals surface area contributed by atoms with Crippen molar-refractivity contribution in [2.45, 2.75) is 34.1 Å². The van der Waals surface area contributed by atoms with E-state index in [-0.39, 0.29) is 0 Å². The van der Waals surface area contributed by atoms with Crippen LogP contribution in [0.3, 0.4) is 0 Å². The maximum absolute atomic E-state index is 3.85. The average molecular weight is 151 g/mol. The van der Waals surface area contributed by atoms with Gasteiger partial charge in [-0.15, -0.1) is 0 Å². The second-order valence-electron chi connectivity index (χ2n) is 3.51. The van der Waals surface area contributed by atoms with Gasteiger partial charge in [0.15, 0.2) is 0 Å². The Morgan fingerprint density at radius 1 is 1.36 bits per heavy atom. The van der Waals surface area contributed by atoms with Gasteiger partial charge in [0.2, 0.25) is 0 Å². The predicted octanol–water partition coefficient (Wildman–Crippen LogP) is 3.76. The van der Waals surface area contributed by atoms with Crippen LogP contribution in [0.1, 0.15) is 34.1 Å². The van der Waals surface area contributed by atoms with E-state index in [4.69, 9.17) is 0 Å². The van der Waals surface area contributed by atoms with Gasteiger partial charge in [0.1, 0.15) is 0 Å². The summed E-state index contributed by atoms with van der Waals surface area (Å²) < 4.78 is 0. The monoisotopic (exact) mass is 151 g/mol. The highest BCUT2D eigenvalue weighted by atomic mass is 14.0. The molecule has 0 fully saturated rings. The molecule has 1 radical (unpaired) electrons. The van der Waals surface area contributed by atoms with E-state index in [0.29, 0.717) is 5.92 Å². The molecular weight excluding hydrogens is 132 g/mol. The molecule has 0 rings (SSSR count). The van der Waals surface area contributed by atoms with Gasteiger partial charge in [-0.05, 0) is 40.0 Å². The summed E-state index contributed by atoms with van der Waals surface area (Å²) in [5.41, 5.74) is 2.56. The predicted molar refractivity (Wildman–Crippen MR) is 52.3 cm³/mol. The summed E-state index contributed by atoms with van der Waals surface area (Å²) >= 11 is 0. The summed E-state index contributed by atoms with van der Waals surface area (Å²) in [6, 6.07) is 0. The number of allylic oxidation sites excluding steroid dienone is 4. The summed E-state index contributed by atoms with van der Waals surface area (Å²) in [7, 11) is 0. The van der Waals surface area contributed by atoms with Crippen LogP contribution in [0.15, 0.2) is 23.3 Å². The van der Waals surface area contributed by atoms with Gasteiger partial charge >= 0.3 is 0 Å². The van der Waals surface area contributed by atoms with Crippen LogP contribution in [0.5, 0.6) is 0 Å². The number of rotatable bonds is 3. The molecular formula is C11H19. The molecule has 0 bridgehead atoms. The fraction of sp³-hybridized carbons (Fsp3) is 0.545. The first-order valence-corrected chi connectivity index (χ1v) is 4.16. The van der Waals surface area contributed by atoms with Gasteiger partial charge in [0.25, 0.3) is 0 Å². The first-order valence-electron chi connectivity index (χ1n) is 4.16. The van der Waals surface area contributed by atoms with Crippen LogP contribution in [0, 0.1) is 12.8 Å². The first-order chi connectivity index (χ1) is 5.02. The van der Waals surface area contributed by atoms with Gasteiger partial charge in [0, 0.05) is 0 Å². The minimum atomic E-state index is 0.627. The Balaban J connectivity index is 3.80. The Bertz CT molecular complexity index is 153. The molecule has 1 unspecified atom stereocenters. The minimum absolute atomic E-state index is 0.627. The van der Waals surface area contributed by atoms with Crippen molar-refractivity contribution in [3.8, 4) is 0 Å². The molecule has 0 aliphatic rings. The third-order valence-electron chi connectivity index (χ3n) is 1.47. The van der Waals surface area contributed by atoms with Crippen LogP contribution < -0.4 is 0 Å². The van der Waals surface area contributed by atoms with Crippen molar-refractivity contribution >= 4 is 0 Å². The fourth-order valence-electron chi connectivity index (χ4n) is 0.975. The molecule has 0 saturated heterocycles. The second-order valence-corrected chi connectivity index (χ2v) is 3.51. The standard InChI is InChI=1S/C11H19/c1-9(2)6-7-11(5)8-10(3)4/h6,8,11H,3,7H2,1-2,4-5H3/b10-8-. The zero-order valence-corrected chi connectivity index (χ0v) is 8.15. The van der Waals surface area contributed by atoms with E-state index in [1.165, 1.54) is 11.1 Å². The van der Waals surface area contributed by atoms with E-state index in [9.17, 15) is 0 Å². The molecule has 0 nitrogen and oxygen atoms in total. The van der Waals surface area contributed by atoms with Gasteiger partial charge in [-0.2, -0.15) is 0 Å². The molecule has 0 saturated carbocycles. The SMILES string of the molecule is [CH2]/C(C)=C/C(C)CC=C(C)C. The van der Waals surface area contributed by atoms with E-state index in [1.807, 2.05) is 6.92 Å². The Morgan fingerprint density at radius 2 is 1.91 bits per heavy atom. The molecule has 0 aromatic carbocycles. The summed E-state index contributed by atoms with van der Waals surface area (Å²) in [5, 5.41) is 0. The smallest absolute Gasteiger partial charge is 0.0225 e. The van der Waals surface area contributed by atoms with Gasteiger partial charge in [-0.25, -0.2) is 0 Å². The third kappa shape index (κ3) is 7.38. The van der Waals surface area contributed by atoms with Crippen molar-refractivity contribution in [3.05, 3.63) is 30.2 Å². The Morgan fingerprint density at radius 3 is 2.27 bits per heavy atom. The summed E-state index contributed by atoms with van der Waals surface area (Å²) in [4.78, 5) is 0. The zero-order chi connectivity index (χ0) is 8.85. The van der Waals surface area contributed by atoms with Crippen LogP contribution >= 0.6 is 0 Å². The molecule has 0 spiro atoms. The Kier molecular flexibility index (Phi) is 4.93. The summed E-state index contributed by atoms with van der Waals surface area (Å²) in [6.07, 6.45) is 5.61. The fourth-order valence-corrected chi connectivity index (χ4v) is 0.975. The molecule has 0 aromatic heterocycles. The van der Waals surface area contributed by atoms with Gasteiger partial charge < -0.3 is 0 Å². The van der Waals surface area contributed by atoms with Crippen molar-refractivity contribution in [3.63, 3.8) is 0 Å². The normalized spacial score (nSPS) is 14.5. The van der Waals surface area contributed by atoms with E-state index in [0.717, 1.165) is 6.42 Å². The van der Waals surface area contributed by atoms with Crippen LogP contribution in [0.4, 0.5) is 0 Å². The van der Waals surface area contributed by atoms with Crippen molar-refractivity contribution in [1.82, 2.24) is 0 Å². The van der Waals surface area contributed by atoms with Crippen molar-refractivity contribution in [1.29, 1.82) is 0 Å². The van der Waals surface area contributed by atoms with Gasteiger partial charge in [-0.1, -0.05) is 30.2 Å². The molecule has 11 heavy (non-hydrogen) atoms. The molecule has 0 aliphatic carbocycles. The molecule has 0 heterocycles. The van der Waals surface area contributed by atoms with Crippen LogP contribution in [-0.4, -0.2) is 0 Å². The lowest BCUT2D eigenvalue weighted by Gasteiger charge is -2.02. The zero-order valence-electron chi connectivity index (χ0n) is 8.15. The first kappa shape index (κ1) is 10.5. The summed E-state index contributed by atoms with van der Waals surface area (Å²) in [5.74, 6) is 0.627. The average Bonchev–Trinajstić information content (AvgIpc) is 1.82. The molecule has 0 aliphatic heterocycles. The lowest BCUT2D eigenvalue weighted by Crippen LogP contribution is -1.87. The topological polar surface area (TPSA) is 0 Å². The van der Waals surface area contributed by atoms with Crippen LogP contribution in [-0.2, 0) is 0 Å². The highest BCUT2D eigenvalue weighted by Gasteiger charge is 1.93. The van der Waals surface area contributed by atoms with Crippen LogP contribution in [0.25, 0.3) is 0 Å². The highest BCUT2D eigenvalue weighted by molar-refractivity contribution is 5.05. The van der Waals surface area contributed by atoms with Gasteiger partial charge in [-0.3, -0.25) is 0 Å². The molecule has 0 amide bonds. The maximum Gasteiger partial charge on any atom is -0.0225 e. The summed E-state index contributed by atoms with van der Waals surface area (Å²) in [6.45, 7) is 12.4. The van der Waals surface area contributed by atoms with E-state index >= 15 is 0 Å². The number of hydrogen-bond donors (Lipinski definition) is 0. The lowest BCUT2D eigenvalue weighted by molar-refractivity contribution is 0.736. The van der Waals surface area contributed by atoms with Gasteiger partial charge in [0.05, 0.1) is 0 Å². The Labute approximate surface area is 71.0 Å². The second kappa shape index (κ2) is 5.17.